The van der Waals surface area contributed by atoms with Crippen molar-refractivity contribution >= 4 is 11.3 Å². The van der Waals surface area contributed by atoms with Crippen LogP contribution in [0.5, 0.6) is 0 Å². The highest BCUT2D eigenvalue weighted by Gasteiger charge is 2.11. The molecule has 0 N–H and O–H groups in total. The van der Waals surface area contributed by atoms with E-state index < -0.39 is 0 Å². The Morgan fingerprint density at radius 3 is 1.53 bits per heavy atom. The summed E-state index contributed by atoms with van der Waals surface area (Å²) in [5, 5.41) is 10.6. The predicted molar refractivity (Wildman–Crippen MR) is 80.3 cm³/mol. The molecule has 0 aliphatic carbocycles. The maximum absolute atomic E-state index is 4.33. The smallest absolute Gasteiger partial charge is 0.138 e. The molecule has 0 spiro atoms. The van der Waals surface area contributed by atoms with Crippen molar-refractivity contribution in [2.75, 3.05) is 0 Å². The molecule has 0 aliphatic rings. The molecule has 1 heterocycles. The van der Waals surface area contributed by atoms with Crippen LogP contribution < -0.4 is 0 Å². The van der Waals surface area contributed by atoms with Crippen molar-refractivity contribution in [1.29, 1.82) is 0 Å². The highest BCUT2D eigenvalue weighted by Crippen LogP contribution is 2.32. The Morgan fingerprint density at radius 1 is 0.684 bits per heavy atom. The van der Waals surface area contributed by atoms with E-state index in [0.717, 1.165) is 10.0 Å². The molecule has 94 valence electrons. The molecule has 1 aromatic heterocycles. The van der Waals surface area contributed by atoms with Crippen LogP contribution in [0.4, 0.5) is 0 Å². The van der Waals surface area contributed by atoms with E-state index in [4.69, 9.17) is 0 Å². The van der Waals surface area contributed by atoms with E-state index in [-0.39, 0.29) is 0 Å². The second-order valence-electron chi connectivity index (χ2n) is 4.54. The van der Waals surface area contributed by atoms with Gasteiger partial charge in [-0.15, -0.1) is 10.2 Å². The van der Waals surface area contributed by atoms with Crippen LogP contribution >= 0.6 is 11.3 Å². The van der Waals surface area contributed by atoms with Gasteiger partial charge in [0.05, 0.1) is 0 Å². The lowest BCUT2D eigenvalue weighted by atomic mass is 10.1. The van der Waals surface area contributed by atoms with Gasteiger partial charge in [-0.3, -0.25) is 0 Å². The van der Waals surface area contributed by atoms with Gasteiger partial charge in [-0.2, -0.15) is 0 Å². The third-order valence-corrected chi connectivity index (χ3v) is 4.17. The average Bonchev–Trinajstić information content (AvgIpc) is 2.89. The minimum absolute atomic E-state index is 0.983. The van der Waals surface area contributed by atoms with Gasteiger partial charge in [0, 0.05) is 11.1 Å². The zero-order valence-corrected chi connectivity index (χ0v) is 11.7. The summed E-state index contributed by atoms with van der Waals surface area (Å²) >= 11 is 1.65. The van der Waals surface area contributed by atoms with Gasteiger partial charge in [0.25, 0.3) is 0 Å². The number of nitrogens with zero attached hydrogens (tertiary/aromatic N) is 2. The molecule has 3 aromatic rings. The fourth-order valence-corrected chi connectivity index (χ4v) is 3.09. The molecule has 0 atom stereocenters. The summed E-state index contributed by atoms with van der Waals surface area (Å²) in [5.41, 5.74) is 4.80. The van der Waals surface area contributed by atoms with Crippen LogP contribution in [-0.4, -0.2) is 10.2 Å². The molecule has 0 bridgehead atoms. The lowest BCUT2D eigenvalue weighted by Gasteiger charge is -2.00. The maximum Gasteiger partial charge on any atom is 0.148 e. The van der Waals surface area contributed by atoms with Crippen molar-refractivity contribution in [1.82, 2.24) is 10.2 Å². The summed E-state index contributed by atoms with van der Waals surface area (Å²) in [5.74, 6) is 0. The largest absolute Gasteiger partial charge is 0.148 e. The molecule has 19 heavy (non-hydrogen) atoms. The second kappa shape index (κ2) is 4.94. The van der Waals surface area contributed by atoms with Crippen molar-refractivity contribution in [3.8, 4) is 21.1 Å². The SMILES string of the molecule is Cc1ccccc1-c1nnc(-c2ccccc2C)s1. The molecule has 0 saturated carbocycles. The molecule has 3 rings (SSSR count). The first kappa shape index (κ1) is 12.1. The average molecular weight is 266 g/mol. The summed E-state index contributed by atoms with van der Waals surface area (Å²) in [6.07, 6.45) is 0. The number of hydrogen-bond acceptors (Lipinski definition) is 3. The quantitative estimate of drug-likeness (QED) is 0.683. The van der Waals surface area contributed by atoms with Crippen LogP contribution in [-0.2, 0) is 0 Å². The van der Waals surface area contributed by atoms with Gasteiger partial charge < -0.3 is 0 Å². The first-order valence-corrected chi connectivity index (χ1v) is 7.03. The second-order valence-corrected chi connectivity index (χ2v) is 5.52. The predicted octanol–water partition coefficient (Wildman–Crippen LogP) is 4.49. The highest BCUT2D eigenvalue weighted by atomic mass is 32.1. The van der Waals surface area contributed by atoms with Crippen molar-refractivity contribution in [2.45, 2.75) is 13.8 Å². The van der Waals surface area contributed by atoms with E-state index >= 15 is 0 Å². The van der Waals surface area contributed by atoms with Crippen LogP contribution in [0, 0.1) is 13.8 Å². The first-order chi connectivity index (χ1) is 9.25. The summed E-state index contributed by atoms with van der Waals surface area (Å²) in [6.45, 7) is 4.20. The van der Waals surface area contributed by atoms with Gasteiger partial charge in [-0.05, 0) is 25.0 Å². The Bertz CT molecular complexity index is 656. The number of rotatable bonds is 2. The third-order valence-electron chi connectivity index (χ3n) is 3.18. The summed E-state index contributed by atoms with van der Waals surface area (Å²) < 4.78 is 0. The van der Waals surface area contributed by atoms with Crippen LogP contribution in [0.3, 0.4) is 0 Å². The zero-order valence-electron chi connectivity index (χ0n) is 10.9. The van der Waals surface area contributed by atoms with Gasteiger partial charge in [0.1, 0.15) is 10.0 Å². The minimum Gasteiger partial charge on any atom is -0.138 e. The molecule has 0 saturated heterocycles. The number of benzene rings is 2. The highest BCUT2D eigenvalue weighted by molar-refractivity contribution is 7.18. The fraction of sp³-hybridized carbons (Fsp3) is 0.125. The van der Waals surface area contributed by atoms with Crippen molar-refractivity contribution in [3.05, 3.63) is 59.7 Å². The van der Waals surface area contributed by atoms with E-state index in [2.05, 4.69) is 48.3 Å². The van der Waals surface area contributed by atoms with E-state index in [1.54, 1.807) is 11.3 Å². The molecule has 2 aromatic carbocycles. The third kappa shape index (κ3) is 2.29. The van der Waals surface area contributed by atoms with Crippen molar-refractivity contribution in [3.63, 3.8) is 0 Å². The molecule has 0 unspecified atom stereocenters. The fourth-order valence-electron chi connectivity index (χ4n) is 2.07. The molecular formula is C16H14N2S. The number of aryl methyl sites for hydroxylation is 2. The first-order valence-electron chi connectivity index (χ1n) is 6.21. The lowest BCUT2D eigenvalue weighted by Crippen LogP contribution is -1.81. The minimum atomic E-state index is 0.983. The Labute approximate surface area is 116 Å². The van der Waals surface area contributed by atoms with E-state index in [1.165, 1.54) is 22.3 Å². The molecule has 0 radical (unpaired) electrons. The lowest BCUT2D eigenvalue weighted by molar-refractivity contribution is 1.10. The van der Waals surface area contributed by atoms with Gasteiger partial charge in [-0.25, -0.2) is 0 Å². The monoisotopic (exact) mass is 266 g/mol. The van der Waals surface area contributed by atoms with Crippen LogP contribution in [0.15, 0.2) is 48.5 Å². The standard InChI is InChI=1S/C16H14N2S/c1-11-7-3-5-9-13(11)15-17-18-16(19-15)14-10-6-4-8-12(14)2/h3-10H,1-2H3. The Balaban J connectivity index is 2.06. The molecule has 0 aliphatic heterocycles. The maximum atomic E-state index is 4.33. The molecule has 0 fully saturated rings. The van der Waals surface area contributed by atoms with Crippen LogP contribution in [0.2, 0.25) is 0 Å². The Hall–Kier alpha value is -2.00. The topological polar surface area (TPSA) is 25.8 Å². The van der Waals surface area contributed by atoms with E-state index in [0.29, 0.717) is 0 Å². The summed E-state index contributed by atoms with van der Waals surface area (Å²) in [4.78, 5) is 0. The summed E-state index contributed by atoms with van der Waals surface area (Å²) in [6, 6.07) is 16.6. The zero-order chi connectivity index (χ0) is 13.2. The van der Waals surface area contributed by atoms with Crippen molar-refractivity contribution < 1.29 is 0 Å². The van der Waals surface area contributed by atoms with Gasteiger partial charge >= 0.3 is 0 Å². The Kier molecular flexibility index (Phi) is 3.13. The molecule has 3 heteroatoms. The molecular weight excluding hydrogens is 252 g/mol. The van der Waals surface area contributed by atoms with E-state index in [9.17, 15) is 0 Å². The normalized spacial score (nSPS) is 10.6. The molecule has 2 nitrogen and oxygen atoms in total. The van der Waals surface area contributed by atoms with Crippen LogP contribution in [0.1, 0.15) is 11.1 Å². The van der Waals surface area contributed by atoms with Crippen molar-refractivity contribution in [2.24, 2.45) is 0 Å². The number of hydrogen-bond donors (Lipinski definition) is 0. The number of aromatic nitrogens is 2. The van der Waals surface area contributed by atoms with Gasteiger partial charge in [0.2, 0.25) is 0 Å². The van der Waals surface area contributed by atoms with Crippen LogP contribution in [0.25, 0.3) is 21.1 Å². The van der Waals surface area contributed by atoms with Gasteiger partial charge in [-0.1, -0.05) is 59.9 Å². The van der Waals surface area contributed by atoms with Gasteiger partial charge in [0.15, 0.2) is 0 Å². The molecule has 0 amide bonds. The van der Waals surface area contributed by atoms with E-state index in [1.807, 2.05) is 24.3 Å². The summed E-state index contributed by atoms with van der Waals surface area (Å²) in [7, 11) is 0. The Morgan fingerprint density at radius 2 is 1.11 bits per heavy atom.